The zero-order valence-electron chi connectivity index (χ0n) is 14.1. The summed E-state index contributed by atoms with van der Waals surface area (Å²) >= 11 is 0. The summed E-state index contributed by atoms with van der Waals surface area (Å²) in [6.45, 7) is 10.5. The van der Waals surface area contributed by atoms with Crippen LogP contribution in [0.25, 0.3) is 0 Å². The minimum Gasteiger partial charge on any atom is -0.492 e. The molecule has 1 aromatic carbocycles. The molecule has 0 fully saturated rings. The first kappa shape index (κ1) is 17.5. The lowest BCUT2D eigenvalue weighted by molar-refractivity contribution is -0.142. The molecule has 0 aromatic heterocycles. The zero-order valence-corrected chi connectivity index (χ0v) is 14.1. The molecule has 4 nitrogen and oxygen atoms in total. The van der Waals surface area contributed by atoms with Gasteiger partial charge in [-0.15, -0.1) is 0 Å². The van der Waals surface area contributed by atoms with Gasteiger partial charge in [0, 0.05) is 12.6 Å². The van der Waals surface area contributed by atoms with Gasteiger partial charge in [0.25, 0.3) is 0 Å². The Morgan fingerprint density at radius 2 is 1.90 bits per heavy atom. The molecule has 0 aliphatic rings. The van der Waals surface area contributed by atoms with Crippen molar-refractivity contribution in [1.82, 2.24) is 4.90 Å². The second-order valence-electron chi connectivity index (χ2n) is 6.74. The summed E-state index contributed by atoms with van der Waals surface area (Å²) in [6.07, 6.45) is 0. The van der Waals surface area contributed by atoms with Gasteiger partial charge in [-0.2, -0.15) is 0 Å². The van der Waals surface area contributed by atoms with Gasteiger partial charge < -0.3 is 15.4 Å². The summed E-state index contributed by atoms with van der Waals surface area (Å²) in [5.41, 5.74) is 6.07. The maximum atomic E-state index is 12.5. The average Bonchev–Trinajstić information content (AvgIpc) is 2.36. The van der Waals surface area contributed by atoms with Crippen molar-refractivity contribution in [3.63, 3.8) is 0 Å². The highest BCUT2D eigenvalue weighted by Gasteiger charge is 2.41. The molecule has 118 valence electrons. The van der Waals surface area contributed by atoms with Gasteiger partial charge in [0.1, 0.15) is 12.4 Å². The number of carbonyl (C=O) groups is 1. The number of likely N-dealkylation sites (N-methyl/N-ethyl adjacent to an activating group) is 1. The number of benzene rings is 1. The van der Waals surface area contributed by atoms with E-state index in [1.165, 1.54) is 0 Å². The fraction of sp³-hybridized carbons (Fsp3) is 0.588. The van der Waals surface area contributed by atoms with Crippen LogP contribution >= 0.6 is 0 Å². The summed E-state index contributed by atoms with van der Waals surface area (Å²) in [4.78, 5) is 14.2. The van der Waals surface area contributed by atoms with Gasteiger partial charge >= 0.3 is 0 Å². The number of rotatable bonds is 6. The molecule has 2 N–H and O–H groups in total. The predicted molar refractivity (Wildman–Crippen MR) is 86.4 cm³/mol. The minimum absolute atomic E-state index is 0.0304. The number of carbonyl (C=O) groups excluding carboxylic acids is 1. The van der Waals surface area contributed by atoms with Crippen LogP contribution in [0.4, 0.5) is 0 Å². The molecule has 1 aromatic rings. The Kier molecular flexibility index (Phi) is 5.40. The normalized spacial score (nSPS) is 12.1. The summed E-state index contributed by atoms with van der Waals surface area (Å²) in [5, 5.41) is 0. The number of hydrogen-bond donors (Lipinski definition) is 1. The van der Waals surface area contributed by atoms with Crippen molar-refractivity contribution >= 4 is 5.91 Å². The van der Waals surface area contributed by atoms with Crippen molar-refractivity contribution in [2.24, 2.45) is 11.1 Å². The first-order valence-corrected chi connectivity index (χ1v) is 7.29. The SMILES string of the molecule is Cc1cccc(OCCN(C)C(=O)C(C)(C)C(C)(C)N)c1. The molecule has 21 heavy (non-hydrogen) atoms. The Labute approximate surface area is 128 Å². The van der Waals surface area contributed by atoms with Crippen LogP contribution in [0.5, 0.6) is 5.75 Å². The van der Waals surface area contributed by atoms with Crippen molar-refractivity contribution < 1.29 is 9.53 Å². The summed E-state index contributed by atoms with van der Waals surface area (Å²) in [6, 6.07) is 7.88. The highest BCUT2D eigenvalue weighted by atomic mass is 16.5. The van der Waals surface area contributed by atoms with Gasteiger partial charge in [0.05, 0.1) is 12.0 Å². The molecule has 0 spiro atoms. The standard InChI is InChI=1S/C17H28N2O2/c1-13-8-7-9-14(12-13)21-11-10-19(6)15(20)16(2,3)17(4,5)18/h7-9,12H,10-11,18H2,1-6H3. The number of amides is 1. The van der Waals surface area contributed by atoms with Crippen molar-refractivity contribution in [3.05, 3.63) is 29.8 Å². The maximum absolute atomic E-state index is 12.5. The second-order valence-corrected chi connectivity index (χ2v) is 6.74. The van der Waals surface area contributed by atoms with Crippen LogP contribution in [-0.2, 0) is 4.79 Å². The fourth-order valence-electron chi connectivity index (χ4n) is 1.86. The molecule has 1 rings (SSSR count). The monoisotopic (exact) mass is 292 g/mol. The molecule has 0 heterocycles. The highest BCUT2D eigenvalue weighted by molar-refractivity contribution is 5.83. The maximum Gasteiger partial charge on any atom is 0.229 e. The first-order valence-electron chi connectivity index (χ1n) is 7.29. The van der Waals surface area contributed by atoms with E-state index >= 15 is 0 Å². The van der Waals surface area contributed by atoms with E-state index in [1.807, 2.05) is 58.9 Å². The Balaban J connectivity index is 2.54. The molecule has 0 aliphatic heterocycles. The van der Waals surface area contributed by atoms with Crippen LogP contribution < -0.4 is 10.5 Å². The first-order chi connectivity index (χ1) is 9.55. The third kappa shape index (κ3) is 4.46. The molecule has 1 amide bonds. The number of nitrogens with zero attached hydrogens (tertiary/aromatic N) is 1. The van der Waals surface area contributed by atoms with Crippen molar-refractivity contribution in [3.8, 4) is 5.75 Å². The second kappa shape index (κ2) is 6.48. The van der Waals surface area contributed by atoms with E-state index in [0.29, 0.717) is 13.2 Å². The molecular formula is C17H28N2O2. The number of hydrogen-bond acceptors (Lipinski definition) is 3. The Bertz CT molecular complexity index is 490. The third-order valence-corrected chi connectivity index (χ3v) is 4.18. The van der Waals surface area contributed by atoms with Crippen molar-refractivity contribution in [1.29, 1.82) is 0 Å². The number of ether oxygens (including phenoxy) is 1. The van der Waals surface area contributed by atoms with Gasteiger partial charge in [-0.3, -0.25) is 4.79 Å². The topological polar surface area (TPSA) is 55.6 Å². The smallest absolute Gasteiger partial charge is 0.229 e. The summed E-state index contributed by atoms with van der Waals surface area (Å²) < 4.78 is 5.68. The third-order valence-electron chi connectivity index (χ3n) is 4.18. The zero-order chi connectivity index (χ0) is 16.3. The van der Waals surface area contributed by atoms with Gasteiger partial charge in [-0.25, -0.2) is 0 Å². The van der Waals surface area contributed by atoms with E-state index in [0.717, 1.165) is 11.3 Å². The lowest BCUT2D eigenvalue weighted by atomic mass is 9.74. The van der Waals surface area contributed by atoms with Crippen LogP contribution in [0, 0.1) is 12.3 Å². The Morgan fingerprint density at radius 1 is 1.29 bits per heavy atom. The molecule has 0 unspecified atom stereocenters. The lowest BCUT2D eigenvalue weighted by Gasteiger charge is -2.39. The molecule has 0 bridgehead atoms. The van der Waals surface area contributed by atoms with E-state index in [4.69, 9.17) is 10.5 Å². The van der Waals surface area contributed by atoms with E-state index in [1.54, 1.807) is 11.9 Å². The lowest BCUT2D eigenvalue weighted by Crippen LogP contribution is -2.56. The van der Waals surface area contributed by atoms with Crippen LogP contribution in [0.1, 0.15) is 33.3 Å². The molecular weight excluding hydrogens is 264 g/mol. The molecule has 4 heteroatoms. The molecule has 0 saturated carbocycles. The highest BCUT2D eigenvalue weighted by Crippen LogP contribution is 2.30. The molecule has 0 aliphatic carbocycles. The molecule has 0 saturated heterocycles. The van der Waals surface area contributed by atoms with Crippen molar-refractivity contribution in [2.75, 3.05) is 20.2 Å². The van der Waals surface area contributed by atoms with Gasteiger partial charge in [0.15, 0.2) is 0 Å². The predicted octanol–water partition coefficient (Wildman–Crippen LogP) is 2.60. The van der Waals surface area contributed by atoms with Crippen LogP contribution in [0.2, 0.25) is 0 Å². The largest absolute Gasteiger partial charge is 0.492 e. The van der Waals surface area contributed by atoms with Crippen LogP contribution in [0.15, 0.2) is 24.3 Å². The summed E-state index contributed by atoms with van der Waals surface area (Å²) in [7, 11) is 1.79. The van der Waals surface area contributed by atoms with Gasteiger partial charge in [-0.05, 0) is 52.3 Å². The molecule has 0 atom stereocenters. The molecule has 0 radical (unpaired) electrons. The quantitative estimate of drug-likeness (QED) is 0.877. The Hall–Kier alpha value is -1.55. The van der Waals surface area contributed by atoms with E-state index in [-0.39, 0.29) is 5.91 Å². The van der Waals surface area contributed by atoms with Crippen molar-refractivity contribution in [2.45, 2.75) is 40.2 Å². The van der Waals surface area contributed by atoms with Crippen LogP contribution in [0.3, 0.4) is 0 Å². The van der Waals surface area contributed by atoms with Gasteiger partial charge in [0.2, 0.25) is 5.91 Å². The average molecular weight is 292 g/mol. The number of nitrogens with two attached hydrogens (primary N) is 1. The van der Waals surface area contributed by atoms with E-state index in [9.17, 15) is 4.79 Å². The van der Waals surface area contributed by atoms with Gasteiger partial charge in [-0.1, -0.05) is 12.1 Å². The summed E-state index contributed by atoms with van der Waals surface area (Å²) in [5.74, 6) is 0.858. The minimum atomic E-state index is -0.620. The number of aryl methyl sites for hydroxylation is 1. The van der Waals surface area contributed by atoms with E-state index in [2.05, 4.69) is 0 Å². The van der Waals surface area contributed by atoms with Crippen LogP contribution in [-0.4, -0.2) is 36.5 Å². The fourth-order valence-corrected chi connectivity index (χ4v) is 1.86. The van der Waals surface area contributed by atoms with E-state index < -0.39 is 11.0 Å². The Morgan fingerprint density at radius 3 is 2.43 bits per heavy atom.